The second-order valence-corrected chi connectivity index (χ2v) is 6.66. The predicted octanol–water partition coefficient (Wildman–Crippen LogP) is 4.37. The first-order valence-corrected chi connectivity index (χ1v) is 8.79. The van der Waals surface area contributed by atoms with Crippen LogP contribution in [-0.2, 0) is 14.3 Å². The minimum Gasteiger partial charge on any atom is -0.455 e. The Hall–Kier alpha value is -2.82. The van der Waals surface area contributed by atoms with Gasteiger partial charge in [-0.05, 0) is 50.2 Å². The van der Waals surface area contributed by atoms with Crippen LogP contribution < -0.4 is 10.2 Å². The van der Waals surface area contributed by atoms with E-state index >= 15 is 0 Å². The number of anilines is 3. The molecule has 0 aliphatic rings. The van der Waals surface area contributed by atoms with Crippen molar-refractivity contribution in [3.63, 3.8) is 0 Å². The molecule has 0 aromatic heterocycles. The fourth-order valence-corrected chi connectivity index (χ4v) is 2.49. The van der Waals surface area contributed by atoms with Crippen molar-refractivity contribution in [2.75, 3.05) is 16.8 Å². The molecule has 0 saturated carbocycles. The molecule has 5 heteroatoms. The lowest BCUT2D eigenvalue weighted by Gasteiger charge is -2.27. The number of para-hydroxylation sites is 1. The summed E-state index contributed by atoms with van der Waals surface area (Å²) < 4.78 is 5.08. The second-order valence-electron chi connectivity index (χ2n) is 6.66. The highest BCUT2D eigenvalue weighted by molar-refractivity contribution is 5.96. The quantitative estimate of drug-likeness (QED) is 0.750. The van der Waals surface area contributed by atoms with E-state index in [1.54, 1.807) is 18.7 Å². The monoisotopic (exact) mass is 354 g/mol. The Labute approximate surface area is 155 Å². The third-order valence-corrected chi connectivity index (χ3v) is 3.80. The van der Waals surface area contributed by atoms with Crippen molar-refractivity contribution in [3.05, 3.63) is 54.6 Å². The Kier molecular flexibility index (Phi) is 6.78. The van der Waals surface area contributed by atoms with E-state index < -0.39 is 0 Å². The number of hydrogen-bond donors (Lipinski definition) is 1. The lowest BCUT2D eigenvalue weighted by atomic mass is 10.2. The predicted molar refractivity (Wildman–Crippen MR) is 105 cm³/mol. The van der Waals surface area contributed by atoms with Crippen molar-refractivity contribution in [1.82, 2.24) is 0 Å². The molecule has 2 aromatic carbocycles. The zero-order valence-corrected chi connectivity index (χ0v) is 15.7. The third-order valence-electron chi connectivity index (χ3n) is 3.80. The molecule has 0 fully saturated rings. The van der Waals surface area contributed by atoms with Crippen LogP contribution in [0.2, 0.25) is 0 Å². The van der Waals surface area contributed by atoms with Crippen molar-refractivity contribution < 1.29 is 14.3 Å². The average molecular weight is 354 g/mol. The number of hydrogen-bond acceptors (Lipinski definition) is 4. The number of rotatable bonds is 7. The maximum atomic E-state index is 12.5. The van der Waals surface area contributed by atoms with Crippen LogP contribution in [0.25, 0.3) is 0 Å². The largest absolute Gasteiger partial charge is 0.455 e. The van der Waals surface area contributed by atoms with Gasteiger partial charge in [-0.2, -0.15) is 0 Å². The Morgan fingerprint density at radius 1 is 0.923 bits per heavy atom. The summed E-state index contributed by atoms with van der Waals surface area (Å²) in [5, 5.41) is 3.31. The standard InChI is InChI=1S/C21H26N2O3/c1-15(2)21(25)26-14-20(24)23(16(3)4)19-12-10-18(11-13-19)22-17-8-6-5-7-9-17/h5-13,15-16,22H,14H2,1-4H3. The molecule has 2 rings (SSSR count). The molecule has 0 spiro atoms. The van der Waals surface area contributed by atoms with Gasteiger partial charge in [-0.3, -0.25) is 9.59 Å². The van der Waals surface area contributed by atoms with Crippen molar-refractivity contribution in [2.24, 2.45) is 5.92 Å². The number of nitrogens with zero attached hydrogens (tertiary/aromatic N) is 1. The molecule has 0 saturated heterocycles. The van der Waals surface area contributed by atoms with E-state index in [4.69, 9.17) is 4.74 Å². The molecular formula is C21H26N2O3. The minimum atomic E-state index is -0.371. The average Bonchev–Trinajstić information content (AvgIpc) is 2.61. The summed E-state index contributed by atoms with van der Waals surface area (Å²) in [5.41, 5.74) is 2.70. The van der Waals surface area contributed by atoms with Crippen LogP contribution in [0.3, 0.4) is 0 Å². The topological polar surface area (TPSA) is 58.6 Å². The SMILES string of the molecule is CC(C)C(=O)OCC(=O)N(c1ccc(Nc2ccccc2)cc1)C(C)C. The summed E-state index contributed by atoms with van der Waals surface area (Å²) in [6.45, 7) is 7.09. The molecule has 0 bridgehead atoms. The highest BCUT2D eigenvalue weighted by Gasteiger charge is 2.21. The Morgan fingerprint density at radius 3 is 2.04 bits per heavy atom. The zero-order valence-electron chi connectivity index (χ0n) is 15.7. The van der Waals surface area contributed by atoms with Gasteiger partial charge in [0.2, 0.25) is 0 Å². The molecule has 26 heavy (non-hydrogen) atoms. The number of amides is 1. The Morgan fingerprint density at radius 2 is 1.50 bits per heavy atom. The van der Waals surface area contributed by atoms with E-state index in [-0.39, 0.29) is 30.4 Å². The Balaban J connectivity index is 2.07. The minimum absolute atomic E-state index is 0.0480. The summed E-state index contributed by atoms with van der Waals surface area (Å²) in [6.07, 6.45) is 0. The fourth-order valence-electron chi connectivity index (χ4n) is 2.49. The summed E-state index contributed by atoms with van der Waals surface area (Å²) in [6, 6.07) is 17.4. The number of carbonyl (C=O) groups excluding carboxylic acids is 2. The van der Waals surface area contributed by atoms with Gasteiger partial charge in [0.15, 0.2) is 6.61 Å². The van der Waals surface area contributed by atoms with Crippen LogP contribution in [0.4, 0.5) is 17.1 Å². The Bertz CT molecular complexity index is 725. The van der Waals surface area contributed by atoms with Crippen LogP contribution in [0.1, 0.15) is 27.7 Å². The molecule has 0 aliphatic carbocycles. The van der Waals surface area contributed by atoms with Gasteiger partial charge in [0.1, 0.15) is 0 Å². The van der Waals surface area contributed by atoms with Gasteiger partial charge < -0.3 is 15.0 Å². The maximum Gasteiger partial charge on any atom is 0.308 e. The van der Waals surface area contributed by atoms with Gasteiger partial charge >= 0.3 is 5.97 Å². The zero-order chi connectivity index (χ0) is 19.1. The van der Waals surface area contributed by atoms with Gasteiger partial charge in [-0.1, -0.05) is 32.0 Å². The molecule has 0 atom stereocenters. The maximum absolute atomic E-state index is 12.5. The van der Waals surface area contributed by atoms with Gasteiger partial charge in [0.05, 0.1) is 5.92 Å². The molecule has 1 amide bonds. The number of carbonyl (C=O) groups is 2. The molecule has 0 unspecified atom stereocenters. The molecule has 138 valence electrons. The van der Waals surface area contributed by atoms with E-state index in [0.29, 0.717) is 0 Å². The normalized spacial score (nSPS) is 10.7. The molecular weight excluding hydrogens is 328 g/mol. The van der Waals surface area contributed by atoms with E-state index in [1.165, 1.54) is 0 Å². The summed E-state index contributed by atoms with van der Waals surface area (Å²) >= 11 is 0. The van der Waals surface area contributed by atoms with Crippen LogP contribution in [-0.4, -0.2) is 24.5 Å². The van der Waals surface area contributed by atoms with Gasteiger partial charge in [0, 0.05) is 23.1 Å². The summed E-state index contributed by atoms with van der Waals surface area (Å²) in [4.78, 5) is 25.8. The van der Waals surface area contributed by atoms with Gasteiger partial charge in [-0.15, -0.1) is 0 Å². The third kappa shape index (κ3) is 5.34. The van der Waals surface area contributed by atoms with Crippen LogP contribution in [0, 0.1) is 5.92 Å². The first-order chi connectivity index (χ1) is 12.4. The molecule has 2 aromatic rings. The van der Waals surface area contributed by atoms with Crippen LogP contribution in [0.5, 0.6) is 0 Å². The highest BCUT2D eigenvalue weighted by atomic mass is 16.5. The van der Waals surface area contributed by atoms with Crippen molar-refractivity contribution in [2.45, 2.75) is 33.7 Å². The smallest absolute Gasteiger partial charge is 0.308 e. The van der Waals surface area contributed by atoms with E-state index in [9.17, 15) is 9.59 Å². The number of ether oxygens (including phenoxy) is 1. The van der Waals surface area contributed by atoms with E-state index in [2.05, 4.69) is 5.32 Å². The van der Waals surface area contributed by atoms with Gasteiger partial charge in [0.25, 0.3) is 5.91 Å². The van der Waals surface area contributed by atoms with E-state index in [0.717, 1.165) is 17.1 Å². The first kappa shape index (κ1) is 19.5. The molecule has 5 nitrogen and oxygen atoms in total. The molecule has 0 aliphatic heterocycles. The summed E-state index contributed by atoms with van der Waals surface area (Å²) in [5.74, 6) is -0.860. The van der Waals surface area contributed by atoms with Crippen molar-refractivity contribution in [3.8, 4) is 0 Å². The van der Waals surface area contributed by atoms with Crippen LogP contribution in [0.15, 0.2) is 54.6 Å². The molecule has 1 N–H and O–H groups in total. The van der Waals surface area contributed by atoms with Crippen molar-refractivity contribution >= 4 is 28.9 Å². The molecule has 0 radical (unpaired) electrons. The van der Waals surface area contributed by atoms with Crippen molar-refractivity contribution in [1.29, 1.82) is 0 Å². The lowest BCUT2D eigenvalue weighted by Crippen LogP contribution is -2.40. The number of esters is 1. The number of benzene rings is 2. The van der Waals surface area contributed by atoms with Crippen LogP contribution >= 0.6 is 0 Å². The summed E-state index contributed by atoms with van der Waals surface area (Å²) in [7, 11) is 0. The molecule has 0 heterocycles. The second kappa shape index (κ2) is 9.04. The van der Waals surface area contributed by atoms with E-state index in [1.807, 2.05) is 68.4 Å². The first-order valence-electron chi connectivity index (χ1n) is 8.79. The fraction of sp³-hybridized carbons (Fsp3) is 0.333. The number of nitrogens with one attached hydrogen (secondary N) is 1. The van der Waals surface area contributed by atoms with Gasteiger partial charge in [-0.25, -0.2) is 0 Å². The lowest BCUT2D eigenvalue weighted by molar-refractivity contribution is -0.151. The highest BCUT2D eigenvalue weighted by Crippen LogP contribution is 2.23.